The van der Waals surface area contributed by atoms with E-state index in [2.05, 4.69) is 31.0 Å². The molecule has 0 bridgehead atoms. The van der Waals surface area contributed by atoms with Crippen LogP contribution in [0.5, 0.6) is 0 Å². The predicted octanol–water partition coefficient (Wildman–Crippen LogP) is 1.19. The molecule has 1 aromatic heterocycles. The first-order valence-corrected chi connectivity index (χ1v) is 7.71. The monoisotopic (exact) mass is 322 g/mol. The van der Waals surface area contributed by atoms with E-state index in [4.69, 9.17) is 0 Å². The second-order valence-electron chi connectivity index (χ2n) is 4.68. The summed E-state index contributed by atoms with van der Waals surface area (Å²) in [6.45, 7) is 1.94. The molecule has 96 valence electrons. The summed E-state index contributed by atoms with van der Waals surface area (Å²) in [5, 5.41) is 7.45. The molecule has 8 heteroatoms. The number of hydrogen-bond donors (Lipinski definition) is 1. The number of aromatic nitrogens is 3. The maximum atomic E-state index is 12.3. The molecular formula is C9H15BrN4O2S. The number of hydrogen-bond acceptors (Lipinski definition) is 4. The van der Waals surface area contributed by atoms with E-state index in [9.17, 15) is 8.42 Å². The first-order chi connectivity index (χ1) is 7.84. The molecule has 1 saturated carbocycles. The molecule has 1 fully saturated rings. The smallest absolute Gasteiger partial charge is 0.235 e. The lowest BCUT2D eigenvalue weighted by atomic mass is 10.0. The van der Waals surface area contributed by atoms with Gasteiger partial charge in [-0.15, -0.1) is 5.10 Å². The summed E-state index contributed by atoms with van der Waals surface area (Å²) in [5.41, 5.74) is -0.345. The Balaban J connectivity index is 2.31. The molecule has 0 spiro atoms. The van der Waals surface area contributed by atoms with E-state index in [-0.39, 0.29) is 15.2 Å². The fourth-order valence-corrected chi connectivity index (χ4v) is 4.80. The number of halogens is 1. The van der Waals surface area contributed by atoms with Crippen molar-refractivity contribution in [2.75, 3.05) is 0 Å². The molecule has 1 aliphatic rings. The lowest BCUT2D eigenvalue weighted by molar-refractivity contribution is 0.424. The Bertz CT molecular complexity index is 500. The molecule has 1 N–H and O–H groups in total. The summed E-state index contributed by atoms with van der Waals surface area (Å²) < 4.78 is 28.8. The van der Waals surface area contributed by atoms with Crippen LogP contribution in [0, 0.1) is 0 Å². The Morgan fingerprint density at radius 3 is 2.47 bits per heavy atom. The summed E-state index contributed by atoms with van der Waals surface area (Å²) in [4.78, 5) is 0. The maximum Gasteiger partial charge on any atom is 0.261 e. The Morgan fingerprint density at radius 2 is 2.00 bits per heavy atom. The van der Waals surface area contributed by atoms with Crippen LogP contribution in [0.2, 0.25) is 0 Å². The van der Waals surface area contributed by atoms with Gasteiger partial charge in [-0.1, -0.05) is 18.1 Å². The third-order valence-corrected chi connectivity index (χ3v) is 5.60. The van der Waals surface area contributed by atoms with Crippen LogP contribution >= 0.6 is 15.9 Å². The van der Waals surface area contributed by atoms with Gasteiger partial charge in [0.05, 0.1) is 0 Å². The molecule has 0 amide bonds. The standard InChI is InChI=1S/C9H15BrN4O2S/c1-9(5-3-4-6-9)12-17(15,16)8-7(10)11-13-14(8)2/h12H,3-6H2,1-2H3. The van der Waals surface area contributed by atoms with Crippen LogP contribution in [0.25, 0.3) is 0 Å². The van der Waals surface area contributed by atoms with E-state index in [1.54, 1.807) is 7.05 Å². The highest BCUT2D eigenvalue weighted by atomic mass is 79.9. The van der Waals surface area contributed by atoms with E-state index in [0.717, 1.165) is 25.7 Å². The van der Waals surface area contributed by atoms with Crippen molar-refractivity contribution in [3.63, 3.8) is 0 Å². The number of aryl methyl sites for hydroxylation is 1. The Morgan fingerprint density at radius 1 is 1.41 bits per heavy atom. The van der Waals surface area contributed by atoms with Crippen molar-refractivity contribution in [3.8, 4) is 0 Å². The molecule has 0 aliphatic heterocycles. The van der Waals surface area contributed by atoms with Crippen LogP contribution in [0.15, 0.2) is 9.63 Å². The first-order valence-electron chi connectivity index (χ1n) is 5.43. The fraction of sp³-hybridized carbons (Fsp3) is 0.778. The Hall–Kier alpha value is -0.470. The van der Waals surface area contributed by atoms with Crippen molar-refractivity contribution < 1.29 is 8.42 Å². The lowest BCUT2D eigenvalue weighted by Gasteiger charge is -2.24. The summed E-state index contributed by atoms with van der Waals surface area (Å²) in [6, 6.07) is 0. The van der Waals surface area contributed by atoms with Crippen molar-refractivity contribution in [1.82, 2.24) is 19.7 Å². The highest BCUT2D eigenvalue weighted by Gasteiger charge is 2.35. The van der Waals surface area contributed by atoms with Gasteiger partial charge in [-0.25, -0.2) is 17.8 Å². The van der Waals surface area contributed by atoms with Crippen LogP contribution in [0.1, 0.15) is 32.6 Å². The zero-order valence-corrected chi connectivity index (χ0v) is 12.2. The minimum atomic E-state index is -3.58. The molecule has 1 aliphatic carbocycles. The highest BCUT2D eigenvalue weighted by molar-refractivity contribution is 9.10. The molecule has 0 saturated heterocycles. The SMILES string of the molecule is Cn1nnc(Br)c1S(=O)(=O)NC1(C)CCCC1. The summed E-state index contributed by atoms with van der Waals surface area (Å²) in [6.07, 6.45) is 3.86. The van der Waals surface area contributed by atoms with E-state index >= 15 is 0 Å². The topological polar surface area (TPSA) is 76.9 Å². The molecular weight excluding hydrogens is 308 g/mol. The molecule has 6 nitrogen and oxygen atoms in total. The molecule has 0 atom stereocenters. The molecule has 0 radical (unpaired) electrons. The van der Waals surface area contributed by atoms with Crippen molar-refractivity contribution in [2.24, 2.45) is 7.05 Å². The minimum Gasteiger partial charge on any atom is -0.235 e. The van der Waals surface area contributed by atoms with E-state index in [1.807, 2.05) is 6.92 Å². The second-order valence-corrected chi connectivity index (χ2v) is 7.03. The Kier molecular flexibility index (Phi) is 3.30. The molecule has 1 heterocycles. The van der Waals surface area contributed by atoms with Gasteiger partial charge < -0.3 is 0 Å². The van der Waals surface area contributed by atoms with Crippen molar-refractivity contribution in [1.29, 1.82) is 0 Å². The van der Waals surface area contributed by atoms with Crippen LogP contribution < -0.4 is 4.72 Å². The summed E-state index contributed by atoms with van der Waals surface area (Å²) in [5.74, 6) is 0. The first kappa shape index (κ1) is 13.0. The van der Waals surface area contributed by atoms with E-state index in [1.165, 1.54) is 4.68 Å². The van der Waals surface area contributed by atoms with Crippen LogP contribution in [-0.4, -0.2) is 29.0 Å². The van der Waals surface area contributed by atoms with E-state index < -0.39 is 10.0 Å². The van der Waals surface area contributed by atoms with Gasteiger partial charge in [0.1, 0.15) is 0 Å². The van der Waals surface area contributed by atoms with E-state index in [0.29, 0.717) is 0 Å². The van der Waals surface area contributed by atoms with Gasteiger partial charge in [0.2, 0.25) is 5.03 Å². The van der Waals surface area contributed by atoms with Crippen LogP contribution in [0.4, 0.5) is 0 Å². The second kappa shape index (κ2) is 4.33. The average molecular weight is 323 g/mol. The maximum absolute atomic E-state index is 12.3. The quantitative estimate of drug-likeness (QED) is 0.906. The molecule has 0 aromatic carbocycles. The number of nitrogens with one attached hydrogen (secondary N) is 1. The van der Waals surface area contributed by atoms with Gasteiger partial charge >= 0.3 is 0 Å². The molecule has 2 rings (SSSR count). The van der Waals surface area contributed by atoms with Crippen molar-refractivity contribution in [3.05, 3.63) is 4.60 Å². The van der Waals surface area contributed by atoms with Gasteiger partial charge in [-0.3, -0.25) is 0 Å². The third kappa shape index (κ3) is 2.53. The number of nitrogens with zero attached hydrogens (tertiary/aromatic N) is 3. The van der Waals surface area contributed by atoms with Gasteiger partial charge in [0.15, 0.2) is 4.60 Å². The molecule has 1 aromatic rings. The molecule has 0 unspecified atom stereocenters. The zero-order valence-electron chi connectivity index (χ0n) is 9.77. The fourth-order valence-electron chi connectivity index (χ4n) is 2.24. The highest BCUT2D eigenvalue weighted by Crippen LogP contribution is 2.31. The predicted molar refractivity (Wildman–Crippen MR) is 65.9 cm³/mol. The largest absolute Gasteiger partial charge is 0.261 e. The van der Waals surface area contributed by atoms with Crippen molar-refractivity contribution in [2.45, 2.75) is 43.2 Å². The average Bonchev–Trinajstić information content (AvgIpc) is 2.73. The number of sulfonamides is 1. The van der Waals surface area contributed by atoms with Gasteiger partial charge in [-0.05, 0) is 35.7 Å². The Labute approximate surface area is 109 Å². The zero-order chi connectivity index (χ0) is 12.7. The van der Waals surface area contributed by atoms with Gasteiger partial charge in [0.25, 0.3) is 10.0 Å². The van der Waals surface area contributed by atoms with Gasteiger partial charge in [-0.2, -0.15) is 0 Å². The lowest BCUT2D eigenvalue weighted by Crippen LogP contribution is -2.44. The third-order valence-electron chi connectivity index (χ3n) is 3.08. The van der Waals surface area contributed by atoms with Crippen LogP contribution in [-0.2, 0) is 17.1 Å². The van der Waals surface area contributed by atoms with Crippen LogP contribution in [0.3, 0.4) is 0 Å². The minimum absolute atomic E-state index is 0.0747. The van der Waals surface area contributed by atoms with Crippen molar-refractivity contribution >= 4 is 26.0 Å². The van der Waals surface area contributed by atoms with Gasteiger partial charge in [0, 0.05) is 12.6 Å². The normalized spacial score (nSPS) is 19.7. The number of rotatable bonds is 3. The summed E-state index contributed by atoms with van der Waals surface area (Å²) in [7, 11) is -2.02. The summed E-state index contributed by atoms with van der Waals surface area (Å²) >= 11 is 3.11. The molecule has 17 heavy (non-hydrogen) atoms.